The van der Waals surface area contributed by atoms with Gasteiger partial charge in [-0.05, 0) is 0 Å². The molecule has 1 N–H and O–H groups in total. The highest BCUT2D eigenvalue weighted by molar-refractivity contribution is 8.76. The summed E-state index contributed by atoms with van der Waals surface area (Å²) in [5.74, 6) is 1.39. The normalized spacial score (nSPS) is 20.1. The van der Waals surface area contributed by atoms with Gasteiger partial charge in [-0.2, -0.15) is 13.6 Å². The van der Waals surface area contributed by atoms with Crippen LogP contribution in [0.3, 0.4) is 0 Å². The third kappa shape index (κ3) is 5.14. The van der Waals surface area contributed by atoms with Crippen LogP contribution in [0.4, 0.5) is 0 Å². The number of rotatable bonds is 7. The van der Waals surface area contributed by atoms with Gasteiger partial charge in [-0.3, -0.25) is 0 Å². The first-order valence-corrected chi connectivity index (χ1v) is 8.11. The summed E-state index contributed by atoms with van der Waals surface area (Å²) in [7, 11) is -0.0883. The van der Waals surface area contributed by atoms with E-state index in [1.165, 1.54) is 0 Å². The maximum Gasteiger partial charge on any atom is 0.379 e. The highest BCUT2D eigenvalue weighted by atomic mass is 33.1. The van der Waals surface area contributed by atoms with Gasteiger partial charge in [-0.1, -0.05) is 21.6 Å². The Kier molecular flexibility index (Phi) is 6.73. The second-order valence-corrected chi connectivity index (χ2v) is 6.69. The summed E-state index contributed by atoms with van der Waals surface area (Å²) in [5, 5.41) is 8.49. The van der Waals surface area contributed by atoms with Gasteiger partial charge < -0.3 is 10.00 Å². The molecule has 0 aliphatic carbocycles. The molecule has 0 radical (unpaired) electrons. The van der Waals surface area contributed by atoms with Crippen molar-refractivity contribution in [2.24, 2.45) is 0 Å². The second-order valence-electron chi connectivity index (χ2n) is 2.31. The molecule has 0 aromatic rings. The lowest BCUT2D eigenvalue weighted by Gasteiger charge is -2.17. The fraction of sp³-hybridized carbons (Fsp3) is 1.00. The topological polar surface area (TPSA) is 71.0 Å². The van der Waals surface area contributed by atoms with Crippen LogP contribution < -0.4 is 4.89 Å². The van der Waals surface area contributed by atoms with Crippen LogP contribution >= 0.6 is 29.8 Å². The molecule has 0 amide bonds. The lowest BCUT2D eigenvalue weighted by Crippen LogP contribution is -2.13. The molecule has 0 bridgehead atoms. The minimum absolute atomic E-state index is 0.170. The molecule has 1 aliphatic rings. The molecule has 0 spiro atoms. The van der Waals surface area contributed by atoms with Crippen molar-refractivity contribution in [2.45, 2.75) is 0 Å². The van der Waals surface area contributed by atoms with E-state index in [1.54, 1.807) is 21.6 Å². The summed E-state index contributed by atoms with van der Waals surface area (Å²) in [4.78, 5) is 11.4. The van der Waals surface area contributed by atoms with Crippen LogP contribution in [-0.2, 0) is 13.6 Å². The van der Waals surface area contributed by atoms with Crippen molar-refractivity contribution in [3.05, 3.63) is 0 Å². The van der Waals surface area contributed by atoms with Crippen molar-refractivity contribution in [3.63, 3.8) is 0 Å². The molecule has 1 heterocycles. The zero-order valence-electron chi connectivity index (χ0n) is 7.59. The standard InChI is InChI=1S/C6H13O5PS2/c7-1-5-13-14-6-4-11-12(8)9-2-3-10-12/h7H,1-6H2. The molecule has 1 fully saturated rings. The zero-order valence-corrected chi connectivity index (χ0v) is 10.1. The SMILES string of the molecule is [O-][P+]1(OCCSSCCO)OCCO1. The molecule has 5 nitrogen and oxygen atoms in total. The van der Waals surface area contributed by atoms with Crippen LogP contribution in [-0.4, -0.2) is 43.0 Å². The van der Waals surface area contributed by atoms with E-state index in [2.05, 4.69) is 0 Å². The summed E-state index contributed by atoms with van der Waals surface area (Å²) in [6.45, 7) is 1.18. The number of phosphoric acid groups is 1. The van der Waals surface area contributed by atoms with E-state index in [9.17, 15) is 4.89 Å². The lowest BCUT2D eigenvalue weighted by molar-refractivity contribution is -0.235. The molecule has 1 rings (SSSR count). The molecule has 1 aliphatic heterocycles. The van der Waals surface area contributed by atoms with E-state index in [-0.39, 0.29) is 6.61 Å². The minimum atomic E-state index is -3.20. The Morgan fingerprint density at radius 2 is 1.93 bits per heavy atom. The summed E-state index contributed by atoms with van der Waals surface area (Å²) in [6, 6.07) is 0. The maximum atomic E-state index is 11.4. The van der Waals surface area contributed by atoms with E-state index in [0.717, 1.165) is 0 Å². The number of aliphatic hydroxyl groups is 1. The van der Waals surface area contributed by atoms with Gasteiger partial charge in [-0.25, -0.2) is 0 Å². The van der Waals surface area contributed by atoms with Crippen LogP contribution in [0.25, 0.3) is 0 Å². The first-order chi connectivity index (χ1) is 6.77. The molecule has 8 heteroatoms. The molecular weight excluding hydrogens is 247 g/mol. The summed E-state index contributed by atoms with van der Waals surface area (Å²) in [6.07, 6.45) is 0. The first-order valence-electron chi connectivity index (χ1n) is 4.16. The van der Waals surface area contributed by atoms with Gasteiger partial charge in [0.05, 0.1) is 6.61 Å². The van der Waals surface area contributed by atoms with E-state index < -0.39 is 8.17 Å². The van der Waals surface area contributed by atoms with Crippen molar-refractivity contribution >= 4 is 29.8 Å². The molecule has 0 saturated carbocycles. The fourth-order valence-corrected chi connectivity index (χ4v) is 3.60. The second kappa shape index (κ2) is 7.24. The highest BCUT2D eigenvalue weighted by Gasteiger charge is 2.37. The molecule has 0 atom stereocenters. The van der Waals surface area contributed by atoms with Gasteiger partial charge in [0.1, 0.15) is 19.8 Å². The maximum absolute atomic E-state index is 11.4. The Hall–Kier alpha value is 0.930. The van der Waals surface area contributed by atoms with Gasteiger partial charge in [-0.15, -0.1) is 0 Å². The van der Waals surface area contributed by atoms with E-state index in [0.29, 0.717) is 31.3 Å². The largest absolute Gasteiger partial charge is 0.606 e. The molecule has 0 aromatic carbocycles. The molecule has 14 heavy (non-hydrogen) atoms. The Balaban J connectivity index is 1.92. The van der Waals surface area contributed by atoms with E-state index in [4.69, 9.17) is 18.7 Å². The molecule has 0 unspecified atom stereocenters. The number of phosphoric ester groups is 1. The predicted molar refractivity (Wildman–Crippen MR) is 56.8 cm³/mol. The van der Waals surface area contributed by atoms with E-state index in [1.807, 2.05) is 0 Å². The fourth-order valence-electron chi connectivity index (χ4n) is 0.748. The first kappa shape index (κ1) is 13.0. The van der Waals surface area contributed by atoms with Gasteiger partial charge in [0.25, 0.3) is 0 Å². The smallest absolute Gasteiger partial charge is 0.379 e. The van der Waals surface area contributed by atoms with Crippen LogP contribution in [0.1, 0.15) is 0 Å². The predicted octanol–water partition coefficient (Wildman–Crippen LogP) is 0.461. The summed E-state index contributed by atoms with van der Waals surface area (Å²) < 4.78 is 14.6. The van der Waals surface area contributed by atoms with Gasteiger partial charge in [0.15, 0.2) is 0 Å². The number of hydrogen-bond acceptors (Lipinski definition) is 7. The molecule has 1 saturated heterocycles. The quantitative estimate of drug-likeness (QED) is 0.405. The Morgan fingerprint density at radius 3 is 2.57 bits per heavy atom. The van der Waals surface area contributed by atoms with Crippen molar-refractivity contribution < 1.29 is 23.6 Å². The average molecular weight is 260 g/mol. The van der Waals surface area contributed by atoms with Gasteiger partial charge >= 0.3 is 8.17 Å². The molecule has 84 valence electrons. The third-order valence-corrected chi connectivity index (χ3v) is 5.10. The zero-order chi connectivity index (χ0) is 10.3. The van der Waals surface area contributed by atoms with Crippen molar-refractivity contribution in [2.75, 3.05) is 37.9 Å². The van der Waals surface area contributed by atoms with Crippen molar-refractivity contribution in [1.29, 1.82) is 0 Å². The molecule has 0 aromatic heterocycles. The lowest BCUT2D eigenvalue weighted by atomic mass is 10.8. The monoisotopic (exact) mass is 260 g/mol. The van der Waals surface area contributed by atoms with Crippen LogP contribution in [0, 0.1) is 0 Å². The highest BCUT2D eigenvalue weighted by Crippen LogP contribution is 2.56. The summed E-state index contributed by atoms with van der Waals surface area (Å²) in [5.41, 5.74) is 0. The van der Waals surface area contributed by atoms with Crippen LogP contribution in [0.2, 0.25) is 0 Å². The van der Waals surface area contributed by atoms with Crippen LogP contribution in [0.15, 0.2) is 0 Å². The van der Waals surface area contributed by atoms with Crippen molar-refractivity contribution in [1.82, 2.24) is 0 Å². The number of aliphatic hydroxyl groups excluding tert-OH is 1. The summed E-state index contributed by atoms with van der Waals surface area (Å²) >= 11 is 0. The Labute approximate surface area is 91.6 Å². The molecular formula is C6H13O5PS2. The van der Waals surface area contributed by atoms with Gasteiger partial charge in [0, 0.05) is 11.5 Å². The minimum Gasteiger partial charge on any atom is -0.606 e. The van der Waals surface area contributed by atoms with Gasteiger partial charge in [0.2, 0.25) is 0 Å². The Morgan fingerprint density at radius 1 is 1.29 bits per heavy atom. The van der Waals surface area contributed by atoms with E-state index >= 15 is 0 Å². The average Bonchev–Trinajstić information content (AvgIpc) is 2.59. The van der Waals surface area contributed by atoms with Crippen LogP contribution in [0.5, 0.6) is 0 Å². The number of hydrogen-bond donors (Lipinski definition) is 1. The third-order valence-electron chi connectivity index (χ3n) is 1.26. The van der Waals surface area contributed by atoms with Crippen molar-refractivity contribution in [3.8, 4) is 0 Å². The Bertz CT molecular complexity index is 155.